The molecular formula is C6H5N5S. The monoisotopic (exact) mass is 179 g/mol. The van der Waals surface area contributed by atoms with E-state index < -0.39 is 0 Å². The van der Waals surface area contributed by atoms with Crippen molar-refractivity contribution in [3.63, 3.8) is 0 Å². The van der Waals surface area contributed by atoms with Crippen molar-refractivity contribution >= 4 is 12.2 Å². The molecule has 2 aromatic heterocycles. The van der Waals surface area contributed by atoms with Crippen LogP contribution in [-0.4, -0.2) is 25.1 Å². The number of hydrogen-bond acceptors (Lipinski definition) is 4. The molecule has 0 atom stereocenters. The van der Waals surface area contributed by atoms with E-state index in [0.29, 0.717) is 16.4 Å². The molecule has 0 aromatic carbocycles. The second-order valence-corrected chi connectivity index (χ2v) is 2.47. The SMILES string of the molecule is S=c1nc(-c2ncccn2)[nH][nH]1. The Morgan fingerprint density at radius 2 is 1.92 bits per heavy atom. The Balaban J connectivity index is 2.51. The third kappa shape index (κ3) is 1.24. The van der Waals surface area contributed by atoms with Crippen molar-refractivity contribution in [3.8, 4) is 11.6 Å². The van der Waals surface area contributed by atoms with Crippen LogP contribution in [0.5, 0.6) is 0 Å². The van der Waals surface area contributed by atoms with Crippen molar-refractivity contribution in [2.24, 2.45) is 0 Å². The molecule has 2 heterocycles. The van der Waals surface area contributed by atoms with E-state index >= 15 is 0 Å². The van der Waals surface area contributed by atoms with Crippen LogP contribution in [0.4, 0.5) is 0 Å². The van der Waals surface area contributed by atoms with E-state index in [-0.39, 0.29) is 0 Å². The van der Waals surface area contributed by atoms with Crippen molar-refractivity contribution in [1.29, 1.82) is 0 Å². The number of nitrogens with zero attached hydrogens (tertiary/aromatic N) is 3. The molecule has 0 aliphatic rings. The molecule has 0 radical (unpaired) electrons. The zero-order valence-corrected chi connectivity index (χ0v) is 6.80. The van der Waals surface area contributed by atoms with Crippen LogP contribution in [0.2, 0.25) is 0 Å². The number of nitrogens with one attached hydrogen (secondary N) is 2. The fourth-order valence-electron chi connectivity index (χ4n) is 0.797. The van der Waals surface area contributed by atoms with E-state index in [1.807, 2.05) is 0 Å². The molecule has 0 amide bonds. The summed E-state index contributed by atoms with van der Waals surface area (Å²) in [5.74, 6) is 1.09. The predicted molar refractivity (Wildman–Crippen MR) is 44.8 cm³/mol. The first-order chi connectivity index (χ1) is 5.86. The Morgan fingerprint density at radius 3 is 2.50 bits per heavy atom. The minimum atomic E-state index is 0.400. The van der Waals surface area contributed by atoms with E-state index in [9.17, 15) is 0 Å². The zero-order chi connectivity index (χ0) is 8.39. The first-order valence-electron chi connectivity index (χ1n) is 3.28. The summed E-state index contributed by atoms with van der Waals surface area (Å²) in [6.07, 6.45) is 3.29. The molecule has 0 bridgehead atoms. The van der Waals surface area contributed by atoms with Gasteiger partial charge in [0.1, 0.15) is 0 Å². The molecule has 6 heteroatoms. The quantitative estimate of drug-likeness (QED) is 0.639. The summed E-state index contributed by atoms with van der Waals surface area (Å²) in [4.78, 5) is 11.9. The molecule has 0 unspecified atom stereocenters. The summed E-state index contributed by atoms with van der Waals surface area (Å²) in [6, 6.07) is 1.74. The first kappa shape index (κ1) is 7.11. The molecule has 2 rings (SSSR count). The Morgan fingerprint density at radius 1 is 1.17 bits per heavy atom. The van der Waals surface area contributed by atoms with Gasteiger partial charge >= 0.3 is 0 Å². The van der Waals surface area contributed by atoms with Gasteiger partial charge in [0.15, 0.2) is 11.6 Å². The lowest BCUT2D eigenvalue weighted by Crippen LogP contribution is -1.88. The highest BCUT2D eigenvalue weighted by Crippen LogP contribution is 2.04. The lowest BCUT2D eigenvalue weighted by Gasteiger charge is -1.89. The fourth-order valence-corrected chi connectivity index (χ4v) is 0.940. The van der Waals surface area contributed by atoms with Gasteiger partial charge in [-0.1, -0.05) is 0 Å². The second-order valence-electron chi connectivity index (χ2n) is 2.09. The van der Waals surface area contributed by atoms with Crippen molar-refractivity contribution < 1.29 is 0 Å². The topological polar surface area (TPSA) is 70.2 Å². The summed E-state index contributed by atoms with van der Waals surface area (Å²) in [7, 11) is 0. The third-order valence-corrected chi connectivity index (χ3v) is 1.47. The van der Waals surface area contributed by atoms with Crippen LogP contribution >= 0.6 is 12.2 Å². The van der Waals surface area contributed by atoms with Crippen LogP contribution in [0.3, 0.4) is 0 Å². The molecule has 5 nitrogen and oxygen atoms in total. The Labute approximate surface area is 72.9 Å². The molecule has 0 saturated carbocycles. The second kappa shape index (κ2) is 2.82. The average Bonchev–Trinajstić information content (AvgIpc) is 2.54. The number of aromatic amines is 2. The standard InChI is InChI=1S/C6H5N5S/c12-6-9-5(10-11-6)4-7-2-1-3-8-4/h1-3H,(H2,9,10,11,12). The van der Waals surface area contributed by atoms with Gasteiger partial charge in [-0.25, -0.2) is 9.97 Å². The van der Waals surface area contributed by atoms with Crippen molar-refractivity contribution in [2.45, 2.75) is 0 Å². The van der Waals surface area contributed by atoms with Crippen molar-refractivity contribution in [2.75, 3.05) is 0 Å². The van der Waals surface area contributed by atoms with Crippen LogP contribution < -0.4 is 0 Å². The maximum atomic E-state index is 4.78. The summed E-state index contributed by atoms with van der Waals surface area (Å²) >= 11 is 4.78. The van der Waals surface area contributed by atoms with Crippen molar-refractivity contribution in [3.05, 3.63) is 23.2 Å². The van der Waals surface area contributed by atoms with Gasteiger partial charge in [-0.15, -0.1) is 0 Å². The molecule has 12 heavy (non-hydrogen) atoms. The lowest BCUT2D eigenvalue weighted by atomic mass is 10.5. The van der Waals surface area contributed by atoms with E-state index in [1.54, 1.807) is 18.5 Å². The number of aromatic nitrogens is 5. The van der Waals surface area contributed by atoms with E-state index in [2.05, 4.69) is 25.1 Å². The Kier molecular flexibility index (Phi) is 1.67. The largest absolute Gasteiger partial charge is 0.279 e. The van der Waals surface area contributed by atoms with Crippen LogP contribution in [0, 0.1) is 4.77 Å². The van der Waals surface area contributed by atoms with E-state index in [4.69, 9.17) is 12.2 Å². The molecule has 2 aromatic rings. The summed E-state index contributed by atoms with van der Waals surface area (Å²) in [5, 5.41) is 5.42. The number of hydrogen-bond donors (Lipinski definition) is 2. The molecule has 0 spiro atoms. The highest BCUT2D eigenvalue weighted by atomic mass is 32.1. The van der Waals surface area contributed by atoms with Gasteiger partial charge in [0.2, 0.25) is 4.77 Å². The van der Waals surface area contributed by atoms with Crippen LogP contribution in [0.15, 0.2) is 18.5 Å². The highest BCUT2D eigenvalue weighted by molar-refractivity contribution is 7.71. The Bertz CT molecular complexity index is 417. The summed E-state index contributed by atoms with van der Waals surface area (Å²) < 4.78 is 0.400. The van der Waals surface area contributed by atoms with E-state index in [1.165, 1.54) is 0 Å². The molecule has 0 fully saturated rings. The average molecular weight is 179 g/mol. The minimum absolute atomic E-state index is 0.400. The van der Waals surface area contributed by atoms with Gasteiger partial charge in [-0.05, 0) is 18.3 Å². The molecule has 0 aliphatic heterocycles. The highest BCUT2D eigenvalue weighted by Gasteiger charge is 2.01. The van der Waals surface area contributed by atoms with Gasteiger partial charge in [0.05, 0.1) is 0 Å². The zero-order valence-electron chi connectivity index (χ0n) is 5.98. The lowest BCUT2D eigenvalue weighted by molar-refractivity contribution is 1.05. The minimum Gasteiger partial charge on any atom is -0.279 e. The molecule has 60 valence electrons. The van der Waals surface area contributed by atoms with Gasteiger partial charge in [-0.3, -0.25) is 10.2 Å². The van der Waals surface area contributed by atoms with Gasteiger partial charge in [0, 0.05) is 12.4 Å². The van der Waals surface area contributed by atoms with E-state index in [0.717, 1.165) is 0 Å². The maximum absolute atomic E-state index is 4.78. The predicted octanol–water partition coefficient (Wildman–Crippen LogP) is 0.924. The Hall–Kier alpha value is -1.56. The van der Waals surface area contributed by atoms with Gasteiger partial charge in [-0.2, -0.15) is 4.98 Å². The van der Waals surface area contributed by atoms with Crippen LogP contribution in [0.1, 0.15) is 0 Å². The smallest absolute Gasteiger partial charge is 0.213 e. The van der Waals surface area contributed by atoms with Crippen LogP contribution in [-0.2, 0) is 0 Å². The fraction of sp³-hybridized carbons (Fsp3) is 0. The summed E-state index contributed by atoms with van der Waals surface area (Å²) in [5.41, 5.74) is 0. The summed E-state index contributed by atoms with van der Waals surface area (Å²) in [6.45, 7) is 0. The molecule has 0 saturated heterocycles. The molecule has 2 N–H and O–H groups in total. The molecular weight excluding hydrogens is 174 g/mol. The third-order valence-electron chi connectivity index (χ3n) is 1.28. The first-order valence-corrected chi connectivity index (χ1v) is 3.69. The normalized spacial score (nSPS) is 10.0. The van der Waals surface area contributed by atoms with Gasteiger partial charge < -0.3 is 0 Å². The van der Waals surface area contributed by atoms with Gasteiger partial charge in [0.25, 0.3) is 0 Å². The van der Waals surface area contributed by atoms with Crippen molar-refractivity contribution in [1.82, 2.24) is 25.1 Å². The number of rotatable bonds is 1. The number of H-pyrrole nitrogens is 2. The maximum Gasteiger partial charge on any atom is 0.213 e. The molecule has 0 aliphatic carbocycles. The van der Waals surface area contributed by atoms with Crippen LogP contribution in [0.25, 0.3) is 11.6 Å².